The second-order valence-electron chi connectivity index (χ2n) is 10.0. The van der Waals surface area contributed by atoms with E-state index in [1.54, 1.807) is 13.0 Å². The fraction of sp³-hybridized carbons (Fsp3) is 0.481. The zero-order valence-corrected chi connectivity index (χ0v) is 20.2. The lowest BCUT2D eigenvalue weighted by Crippen LogP contribution is -2.21. The molecule has 0 spiro atoms. The number of anilines is 2. The van der Waals surface area contributed by atoms with Gasteiger partial charge in [0.2, 0.25) is 0 Å². The largest absolute Gasteiger partial charge is 0.371 e. The van der Waals surface area contributed by atoms with Gasteiger partial charge in [0, 0.05) is 36.7 Å². The first-order valence-corrected chi connectivity index (χ1v) is 12.1. The van der Waals surface area contributed by atoms with E-state index in [1.165, 1.54) is 29.3 Å². The molecule has 1 unspecified atom stereocenters. The third kappa shape index (κ3) is 3.99. The Balaban J connectivity index is 1.59. The second kappa shape index (κ2) is 8.43. The zero-order valence-electron chi connectivity index (χ0n) is 20.2. The molecule has 2 heterocycles. The summed E-state index contributed by atoms with van der Waals surface area (Å²) < 4.78 is 42.9. The number of aromatic nitrogens is 2. The van der Waals surface area contributed by atoms with Gasteiger partial charge < -0.3 is 10.2 Å². The second-order valence-corrected chi connectivity index (χ2v) is 10.0. The van der Waals surface area contributed by atoms with Crippen molar-refractivity contribution in [2.45, 2.75) is 65.3 Å². The molecule has 2 atom stereocenters. The smallest absolute Gasteiger partial charge is 0.273 e. The molecule has 1 N–H and O–H groups in total. The Morgan fingerprint density at radius 1 is 1.18 bits per heavy atom. The van der Waals surface area contributed by atoms with Gasteiger partial charge in [-0.3, -0.25) is 0 Å². The summed E-state index contributed by atoms with van der Waals surface area (Å²) in [5, 5.41) is 4.23. The first-order valence-electron chi connectivity index (χ1n) is 12.1. The molecular formula is C27H31F3N4. The Labute approximate surface area is 198 Å². The summed E-state index contributed by atoms with van der Waals surface area (Å²) in [5.74, 6) is -2.22. The van der Waals surface area contributed by atoms with Crippen LogP contribution in [0.1, 0.15) is 67.7 Å². The van der Waals surface area contributed by atoms with Crippen LogP contribution in [-0.2, 0) is 18.8 Å². The third-order valence-electron chi connectivity index (χ3n) is 7.24. The Kier molecular flexibility index (Phi) is 5.69. The molecule has 3 aromatic rings. The number of benzene rings is 2. The van der Waals surface area contributed by atoms with E-state index in [-0.39, 0.29) is 5.56 Å². The molecule has 4 nitrogen and oxygen atoms in total. The van der Waals surface area contributed by atoms with E-state index in [4.69, 9.17) is 4.98 Å². The predicted octanol–water partition coefficient (Wildman–Crippen LogP) is 6.70. The Morgan fingerprint density at radius 3 is 2.65 bits per heavy atom. The highest BCUT2D eigenvalue weighted by atomic mass is 19.3. The summed E-state index contributed by atoms with van der Waals surface area (Å²) in [5.41, 5.74) is 4.48. The molecule has 2 aliphatic rings. The van der Waals surface area contributed by atoms with Gasteiger partial charge in [-0.2, -0.15) is 0 Å². The number of hydrogen-bond acceptors (Lipinski definition) is 4. The maximum absolute atomic E-state index is 15.0. The Bertz CT molecular complexity index is 1250. The first kappa shape index (κ1) is 22.9. The van der Waals surface area contributed by atoms with Gasteiger partial charge in [-0.1, -0.05) is 25.1 Å². The summed E-state index contributed by atoms with van der Waals surface area (Å²) in [4.78, 5) is 11.9. The van der Waals surface area contributed by atoms with Crippen molar-refractivity contribution >= 4 is 22.4 Å². The van der Waals surface area contributed by atoms with Gasteiger partial charge in [0.1, 0.15) is 17.5 Å². The lowest BCUT2D eigenvalue weighted by Gasteiger charge is -2.24. The number of fused-ring (bicyclic) bond motifs is 3. The molecular weight excluding hydrogens is 437 g/mol. The normalized spacial score (nSPS) is 19.0. The minimum Gasteiger partial charge on any atom is -0.371 e. The summed E-state index contributed by atoms with van der Waals surface area (Å²) in [6.07, 6.45) is 4.32. The van der Waals surface area contributed by atoms with Crippen LogP contribution in [0.5, 0.6) is 0 Å². The summed E-state index contributed by atoms with van der Waals surface area (Å²) in [6, 6.07) is 5.80. The van der Waals surface area contributed by atoms with E-state index in [0.29, 0.717) is 17.6 Å². The standard InChI is InChI=1S/C27H31F3N4/c1-15-11-12-34(14-15)23-13-21-25(20-9-5-8-19(20)23)32-17(3)33-26(21)31-16(2)18-7-6-10-22(24(18)28)27(4,29)30/h6-7,10,13,15-16H,5,8-9,11-12,14H2,1-4H3,(H,31,32,33)/t15?,16-/m1/s1. The van der Waals surface area contributed by atoms with Crippen molar-refractivity contribution in [3.05, 3.63) is 58.2 Å². The number of rotatable bonds is 5. The van der Waals surface area contributed by atoms with E-state index in [1.807, 2.05) is 6.92 Å². The van der Waals surface area contributed by atoms with E-state index >= 15 is 4.39 Å². The average molecular weight is 469 g/mol. The molecule has 7 heteroatoms. The van der Waals surface area contributed by atoms with Crippen LogP contribution in [0.4, 0.5) is 24.7 Å². The number of aryl methyl sites for hydroxylation is 2. The molecule has 180 valence electrons. The SMILES string of the molecule is Cc1nc(N[C@H](C)c2cccc(C(C)(F)F)c2F)c2cc(N3CCC(C)C3)c3c(c2n1)CCC3. The van der Waals surface area contributed by atoms with Gasteiger partial charge in [-0.15, -0.1) is 0 Å². The Morgan fingerprint density at radius 2 is 1.94 bits per heavy atom. The number of hydrogen-bond donors (Lipinski definition) is 1. The van der Waals surface area contributed by atoms with Crippen molar-refractivity contribution in [3.8, 4) is 0 Å². The third-order valence-corrected chi connectivity index (χ3v) is 7.24. The van der Waals surface area contributed by atoms with E-state index < -0.39 is 23.3 Å². The minimum absolute atomic E-state index is 0.193. The zero-order chi connectivity index (χ0) is 24.2. The van der Waals surface area contributed by atoms with Crippen LogP contribution in [0.3, 0.4) is 0 Å². The maximum Gasteiger partial charge on any atom is 0.273 e. The van der Waals surface area contributed by atoms with E-state index in [0.717, 1.165) is 56.2 Å². The van der Waals surface area contributed by atoms with Crippen molar-refractivity contribution in [2.75, 3.05) is 23.3 Å². The van der Waals surface area contributed by atoms with Crippen LogP contribution in [0.2, 0.25) is 0 Å². The molecule has 5 rings (SSSR count). The topological polar surface area (TPSA) is 41.1 Å². The van der Waals surface area contributed by atoms with Crippen LogP contribution in [0, 0.1) is 18.7 Å². The van der Waals surface area contributed by atoms with Crippen molar-refractivity contribution in [1.29, 1.82) is 0 Å². The van der Waals surface area contributed by atoms with Crippen LogP contribution < -0.4 is 10.2 Å². The molecule has 0 amide bonds. The lowest BCUT2D eigenvalue weighted by molar-refractivity contribution is 0.0136. The van der Waals surface area contributed by atoms with Crippen LogP contribution in [-0.4, -0.2) is 23.1 Å². The molecule has 1 aliphatic carbocycles. The summed E-state index contributed by atoms with van der Waals surface area (Å²) >= 11 is 0. The molecule has 34 heavy (non-hydrogen) atoms. The monoisotopic (exact) mass is 468 g/mol. The molecule has 1 aromatic heterocycles. The molecule has 1 saturated heterocycles. The predicted molar refractivity (Wildman–Crippen MR) is 130 cm³/mol. The summed E-state index contributed by atoms with van der Waals surface area (Å²) in [6.45, 7) is 8.70. The van der Waals surface area contributed by atoms with Gasteiger partial charge in [0.15, 0.2) is 0 Å². The van der Waals surface area contributed by atoms with Crippen molar-refractivity contribution < 1.29 is 13.2 Å². The molecule has 2 aromatic carbocycles. The fourth-order valence-electron chi connectivity index (χ4n) is 5.51. The number of nitrogens with one attached hydrogen (secondary N) is 1. The van der Waals surface area contributed by atoms with Crippen molar-refractivity contribution in [2.24, 2.45) is 5.92 Å². The average Bonchev–Trinajstić information content (AvgIpc) is 3.42. The van der Waals surface area contributed by atoms with Crippen LogP contribution >= 0.6 is 0 Å². The molecule has 0 saturated carbocycles. The van der Waals surface area contributed by atoms with Crippen molar-refractivity contribution in [3.63, 3.8) is 0 Å². The van der Waals surface area contributed by atoms with Gasteiger partial charge in [0.25, 0.3) is 5.92 Å². The van der Waals surface area contributed by atoms with Crippen LogP contribution in [0.15, 0.2) is 24.3 Å². The molecule has 1 fully saturated rings. The lowest BCUT2D eigenvalue weighted by atomic mass is 10.00. The van der Waals surface area contributed by atoms with Gasteiger partial charge in [-0.25, -0.2) is 23.1 Å². The number of nitrogens with zero attached hydrogens (tertiary/aromatic N) is 3. The highest BCUT2D eigenvalue weighted by Gasteiger charge is 2.31. The Hall–Kier alpha value is -2.83. The van der Waals surface area contributed by atoms with E-state index in [2.05, 4.69) is 28.2 Å². The highest BCUT2D eigenvalue weighted by molar-refractivity contribution is 5.96. The molecule has 0 radical (unpaired) electrons. The number of halogens is 3. The van der Waals surface area contributed by atoms with Gasteiger partial charge >= 0.3 is 0 Å². The molecule has 1 aliphatic heterocycles. The highest BCUT2D eigenvalue weighted by Crippen LogP contribution is 2.41. The minimum atomic E-state index is -3.25. The summed E-state index contributed by atoms with van der Waals surface area (Å²) in [7, 11) is 0. The quantitative estimate of drug-likeness (QED) is 0.453. The fourth-order valence-corrected chi connectivity index (χ4v) is 5.51. The van der Waals surface area contributed by atoms with Gasteiger partial charge in [-0.05, 0) is 62.6 Å². The van der Waals surface area contributed by atoms with E-state index in [9.17, 15) is 8.78 Å². The van der Waals surface area contributed by atoms with Gasteiger partial charge in [0.05, 0.1) is 17.1 Å². The van der Waals surface area contributed by atoms with Crippen molar-refractivity contribution in [1.82, 2.24) is 9.97 Å². The maximum atomic E-state index is 15.0. The molecule has 0 bridgehead atoms. The first-order chi connectivity index (χ1) is 16.1. The van der Waals surface area contributed by atoms with Crippen LogP contribution in [0.25, 0.3) is 10.9 Å². The number of alkyl halides is 2.